The molecule has 2 aromatic heterocycles. The van der Waals surface area contributed by atoms with Gasteiger partial charge in [0, 0.05) is 30.1 Å². The summed E-state index contributed by atoms with van der Waals surface area (Å²) < 4.78 is 17.3. The number of allylic oxidation sites excluding steroid dienone is 1. The van der Waals surface area contributed by atoms with Crippen LogP contribution in [0, 0.1) is 0 Å². The van der Waals surface area contributed by atoms with Gasteiger partial charge in [0.15, 0.2) is 5.54 Å². The highest BCUT2D eigenvalue weighted by Gasteiger charge is 2.53. The minimum atomic E-state index is -1.60. The monoisotopic (exact) mass is 518 g/mol. The van der Waals surface area contributed by atoms with Crippen LogP contribution in [0.1, 0.15) is 64.6 Å². The lowest BCUT2D eigenvalue weighted by Crippen LogP contribution is -2.52. The van der Waals surface area contributed by atoms with Crippen molar-refractivity contribution in [3.63, 3.8) is 0 Å². The molecule has 1 saturated heterocycles. The number of hydrogen-bond donors (Lipinski definition) is 3. The van der Waals surface area contributed by atoms with Crippen molar-refractivity contribution in [2.24, 2.45) is 0 Å². The zero-order valence-corrected chi connectivity index (χ0v) is 21.0. The average molecular weight is 519 g/mol. The number of amides is 4. The molecule has 1 aromatic carbocycles. The fourth-order valence-corrected chi connectivity index (χ4v) is 5.28. The van der Waals surface area contributed by atoms with Crippen LogP contribution in [0.5, 0.6) is 5.75 Å². The summed E-state index contributed by atoms with van der Waals surface area (Å²) in [5.74, 6) is 0.572. The van der Waals surface area contributed by atoms with Crippen LogP contribution in [0.4, 0.5) is 10.8 Å². The molecule has 6 rings (SSSR count). The molecule has 2 aliphatic heterocycles. The Morgan fingerprint density at radius 2 is 2.05 bits per heavy atom. The van der Waals surface area contributed by atoms with Crippen LogP contribution in [-0.4, -0.2) is 53.1 Å². The summed E-state index contributed by atoms with van der Waals surface area (Å²) in [5, 5.41) is 16.2. The van der Waals surface area contributed by atoms with Gasteiger partial charge in [0.2, 0.25) is 5.89 Å². The number of rotatable bonds is 7. The Labute approximate surface area is 217 Å². The zero-order chi connectivity index (χ0) is 26.6. The molecule has 0 spiro atoms. The average Bonchev–Trinajstić information content (AvgIpc) is 3.67. The molecular weight excluding hydrogens is 492 g/mol. The van der Waals surface area contributed by atoms with E-state index in [1.807, 2.05) is 32.1 Å². The fourth-order valence-electron chi connectivity index (χ4n) is 5.28. The van der Waals surface area contributed by atoms with Crippen LogP contribution in [0.25, 0.3) is 6.08 Å². The van der Waals surface area contributed by atoms with Crippen LogP contribution in [0.15, 0.2) is 39.2 Å². The molecular formula is C26H26N6O6. The molecule has 1 fully saturated rings. The van der Waals surface area contributed by atoms with E-state index in [4.69, 9.17) is 13.6 Å². The number of anilines is 1. The quantitative estimate of drug-likeness (QED) is 0.401. The van der Waals surface area contributed by atoms with Gasteiger partial charge in [0.25, 0.3) is 11.8 Å². The van der Waals surface area contributed by atoms with Crippen molar-refractivity contribution in [1.29, 1.82) is 0 Å². The number of ether oxygens (including phenoxy) is 1. The number of aromatic nitrogens is 2. The van der Waals surface area contributed by atoms with Gasteiger partial charge in [-0.2, -0.15) is 0 Å². The smallest absolute Gasteiger partial charge is 0.322 e. The Hall–Kier alpha value is -4.61. The number of furan rings is 1. The number of urea groups is 1. The summed E-state index contributed by atoms with van der Waals surface area (Å²) in [6, 6.07) is 6.70. The van der Waals surface area contributed by atoms with Gasteiger partial charge in [-0.15, -0.1) is 5.10 Å². The maximum atomic E-state index is 13.3. The van der Waals surface area contributed by atoms with Crippen LogP contribution in [0.3, 0.4) is 0 Å². The number of carbonyl (C=O) groups excluding carboxylic acids is 3. The highest BCUT2D eigenvalue weighted by Crippen LogP contribution is 2.43. The van der Waals surface area contributed by atoms with Crippen LogP contribution < -0.4 is 20.7 Å². The highest BCUT2D eigenvalue weighted by molar-refractivity contribution is 6.08. The third-order valence-corrected chi connectivity index (χ3v) is 7.27. The summed E-state index contributed by atoms with van der Waals surface area (Å²) >= 11 is 0. The van der Waals surface area contributed by atoms with E-state index >= 15 is 0 Å². The number of methoxy groups -OCH3 is 1. The summed E-state index contributed by atoms with van der Waals surface area (Å²) in [4.78, 5) is 40.4. The topological polar surface area (TPSA) is 152 Å². The van der Waals surface area contributed by atoms with Gasteiger partial charge in [-0.1, -0.05) is 30.2 Å². The number of nitrogens with zero attached hydrogens (tertiary/aromatic N) is 3. The predicted molar refractivity (Wildman–Crippen MR) is 133 cm³/mol. The number of imide groups is 1. The van der Waals surface area contributed by atoms with E-state index in [0.717, 1.165) is 11.1 Å². The molecule has 0 radical (unpaired) electrons. The molecule has 2 unspecified atom stereocenters. The maximum absolute atomic E-state index is 13.3. The van der Waals surface area contributed by atoms with E-state index in [1.165, 1.54) is 12.0 Å². The largest absolute Gasteiger partial charge is 0.497 e. The zero-order valence-electron chi connectivity index (χ0n) is 21.0. The first-order valence-corrected chi connectivity index (χ1v) is 12.3. The molecule has 4 amide bonds. The molecule has 12 heteroatoms. The highest BCUT2D eigenvalue weighted by atomic mass is 16.5. The van der Waals surface area contributed by atoms with Crippen LogP contribution >= 0.6 is 0 Å². The summed E-state index contributed by atoms with van der Waals surface area (Å²) in [7, 11) is 1.53. The normalized spacial score (nSPS) is 23.8. The first-order chi connectivity index (χ1) is 18.3. The van der Waals surface area contributed by atoms with Gasteiger partial charge in [0.05, 0.1) is 19.6 Å². The molecule has 3 N–H and O–H groups in total. The third kappa shape index (κ3) is 3.63. The van der Waals surface area contributed by atoms with E-state index in [1.54, 1.807) is 18.2 Å². The van der Waals surface area contributed by atoms with Crippen molar-refractivity contribution < 1.29 is 28.0 Å². The van der Waals surface area contributed by atoms with Gasteiger partial charge in [0.1, 0.15) is 17.3 Å². The maximum Gasteiger partial charge on any atom is 0.322 e. The standard InChI is InChI=1S/C26H26N6O6/c1-4-27-25-31-30-21(38-25)17-8-6-14-9-19(37-20(14)13(17)2)26(23(34)28-24(35)29-26)12-32-11-15-5-7-16(36-3)10-18(15)22(32)33/h5-10,13,17H,4,11-12H2,1-3H3,(H,27,31)(H2,28,29,34,35)/t13?,17?,26-/m0/s1. The third-order valence-electron chi connectivity index (χ3n) is 7.27. The number of benzene rings is 1. The van der Waals surface area contributed by atoms with E-state index in [-0.39, 0.29) is 36.6 Å². The Morgan fingerprint density at radius 3 is 2.79 bits per heavy atom. The van der Waals surface area contributed by atoms with Gasteiger partial charge in [-0.25, -0.2) is 4.79 Å². The molecule has 196 valence electrons. The molecule has 1 aliphatic carbocycles. The Bertz CT molecular complexity index is 1490. The minimum absolute atomic E-state index is 0.107. The summed E-state index contributed by atoms with van der Waals surface area (Å²) in [6.07, 6.45) is 3.82. The number of fused-ring (bicyclic) bond motifs is 2. The second-order valence-corrected chi connectivity index (χ2v) is 9.58. The lowest BCUT2D eigenvalue weighted by Gasteiger charge is -2.29. The van der Waals surface area contributed by atoms with Crippen molar-refractivity contribution >= 4 is 29.9 Å². The molecule has 0 saturated carbocycles. The van der Waals surface area contributed by atoms with Gasteiger partial charge in [-0.3, -0.25) is 14.9 Å². The van der Waals surface area contributed by atoms with Crippen molar-refractivity contribution in [3.8, 4) is 5.75 Å². The van der Waals surface area contributed by atoms with Crippen molar-refractivity contribution in [2.75, 3.05) is 25.5 Å². The van der Waals surface area contributed by atoms with Crippen molar-refractivity contribution in [2.45, 2.75) is 37.8 Å². The van der Waals surface area contributed by atoms with E-state index in [0.29, 0.717) is 35.5 Å². The number of carbonyl (C=O) groups is 3. The van der Waals surface area contributed by atoms with Gasteiger partial charge >= 0.3 is 12.0 Å². The fraction of sp³-hybridized carbons (Fsp3) is 0.346. The van der Waals surface area contributed by atoms with Gasteiger partial charge < -0.3 is 29.1 Å². The molecule has 0 bridgehead atoms. The van der Waals surface area contributed by atoms with E-state index < -0.39 is 17.5 Å². The molecule has 12 nitrogen and oxygen atoms in total. The Balaban J connectivity index is 1.32. The predicted octanol–water partition coefficient (Wildman–Crippen LogP) is 2.71. The first kappa shape index (κ1) is 23.8. The Morgan fingerprint density at radius 1 is 1.21 bits per heavy atom. The van der Waals surface area contributed by atoms with Crippen LogP contribution in [0.2, 0.25) is 0 Å². The number of nitrogens with one attached hydrogen (secondary N) is 3. The SMILES string of the molecule is CCNc1nnc(C2C=Cc3cc([C@]4(CN5Cc6ccc(OC)cc6C5=O)NC(=O)NC4=O)oc3C2C)o1. The molecule has 38 heavy (non-hydrogen) atoms. The molecule has 3 atom stereocenters. The minimum Gasteiger partial charge on any atom is -0.497 e. The van der Waals surface area contributed by atoms with Crippen molar-refractivity contribution in [3.05, 3.63) is 64.4 Å². The van der Waals surface area contributed by atoms with Crippen LogP contribution in [-0.2, 0) is 16.9 Å². The lowest BCUT2D eigenvalue weighted by atomic mass is 9.85. The number of hydrogen-bond acceptors (Lipinski definition) is 9. The second kappa shape index (κ2) is 8.75. The molecule has 3 aromatic rings. The Kier molecular flexibility index (Phi) is 5.47. The molecule has 3 aliphatic rings. The van der Waals surface area contributed by atoms with E-state index in [2.05, 4.69) is 26.1 Å². The second-order valence-electron chi connectivity index (χ2n) is 9.58. The summed E-state index contributed by atoms with van der Waals surface area (Å²) in [5.41, 5.74) is 0.482. The van der Waals surface area contributed by atoms with Crippen molar-refractivity contribution in [1.82, 2.24) is 25.7 Å². The van der Waals surface area contributed by atoms with E-state index in [9.17, 15) is 14.4 Å². The summed E-state index contributed by atoms with van der Waals surface area (Å²) in [6.45, 7) is 4.72. The first-order valence-electron chi connectivity index (χ1n) is 12.3. The lowest BCUT2D eigenvalue weighted by molar-refractivity contribution is -0.125. The molecule has 4 heterocycles. The van der Waals surface area contributed by atoms with Gasteiger partial charge in [-0.05, 0) is 30.7 Å².